The molecule has 9 heteroatoms. The lowest BCUT2D eigenvalue weighted by Crippen LogP contribution is -2.46. The fourth-order valence-corrected chi connectivity index (χ4v) is 5.30. The molecule has 186 valence electrons. The molecule has 1 aromatic carbocycles. The predicted molar refractivity (Wildman–Crippen MR) is 134 cm³/mol. The minimum Gasteiger partial charge on any atom is -0.484 e. The first-order chi connectivity index (χ1) is 18.1. The number of rotatable bonds is 5. The van der Waals surface area contributed by atoms with E-state index >= 15 is 0 Å². The van der Waals surface area contributed by atoms with E-state index in [9.17, 15) is 9.59 Å². The molecule has 2 aromatic heterocycles. The van der Waals surface area contributed by atoms with Crippen LogP contribution in [0.25, 0.3) is 11.3 Å². The van der Waals surface area contributed by atoms with Crippen molar-refractivity contribution < 1.29 is 19.1 Å². The van der Waals surface area contributed by atoms with Gasteiger partial charge in [-0.15, -0.1) is 0 Å². The molecule has 3 aromatic rings. The Labute approximate surface area is 214 Å². The van der Waals surface area contributed by atoms with E-state index in [4.69, 9.17) is 14.7 Å². The molecule has 1 saturated carbocycles. The second-order valence-corrected chi connectivity index (χ2v) is 9.61. The quantitative estimate of drug-likeness (QED) is 0.571. The van der Waals surface area contributed by atoms with E-state index in [-0.39, 0.29) is 37.0 Å². The summed E-state index contributed by atoms with van der Waals surface area (Å²) in [5.74, 6) is 1.08. The van der Waals surface area contributed by atoms with Crippen molar-refractivity contribution in [3.8, 4) is 23.1 Å². The maximum absolute atomic E-state index is 12.8. The highest BCUT2D eigenvalue weighted by Crippen LogP contribution is 2.36. The van der Waals surface area contributed by atoms with Crippen LogP contribution in [-0.4, -0.2) is 46.6 Å². The number of hydrogen-bond acceptors (Lipinski definition) is 8. The third-order valence-electron chi connectivity index (χ3n) is 7.17. The molecule has 1 aliphatic carbocycles. The lowest BCUT2D eigenvalue weighted by Gasteiger charge is -2.33. The number of aromatic nitrogens is 2. The average molecular weight is 496 g/mol. The third-order valence-corrected chi connectivity index (χ3v) is 7.17. The molecule has 0 bridgehead atoms. The van der Waals surface area contributed by atoms with Crippen molar-refractivity contribution in [2.75, 3.05) is 11.5 Å². The van der Waals surface area contributed by atoms with Crippen molar-refractivity contribution >= 4 is 17.7 Å². The molecular formula is C28H25N5O4. The molecule has 2 aliphatic heterocycles. The van der Waals surface area contributed by atoms with Gasteiger partial charge in [0.1, 0.15) is 30.3 Å². The van der Waals surface area contributed by atoms with E-state index in [1.165, 1.54) is 0 Å². The number of fused-ring (bicyclic) bond motifs is 2. The molecule has 4 heterocycles. The van der Waals surface area contributed by atoms with Gasteiger partial charge >= 0.3 is 6.09 Å². The van der Waals surface area contributed by atoms with Gasteiger partial charge in [-0.05, 0) is 48.7 Å². The zero-order valence-electron chi connectivity index (χ0n) is 20.1. The van der Waals surface area contributed by atoms with Crippen LogP contribution in [0.1, 0.15) is 36.1 Å². The topological polar surface area (TPSA) is 117 Å². The van der Waals surface area contributed by atoms with Gasteiger partial charge in [-0.2, -0.15) is 5.26 Å². The minimum absolute atomic E-state index is 0.0238. The summed E-state index contributed by atoms with van der Waals surface area (Å²) in [6.45, 7) is 0.750. The zero-order valence-corrected chi connectivity index (χ0v) is 20.1. The summed E-state index contributed by atoms with van der Waals surface area (Å²) < 4.78 is 11.2. The monoisotopic (exact) mass is 495 g/mol. The standard InChI is InChI=1S/C28H25N5O4/c29-13-18-4-6-22(31-15-18)19-3-1-2-17(10-19)14-30-20-5-7-24-26(11-20)37-28(35)33(24)27-9-8-25-23(32-27)12-21(34)16-36-25/h1-4,6,8-10,15,20,24,26,30H,5,7,11-12,14,16H2/t20-,24-,26-/m0/s1. The number of nitrogens with zero attached hydrogens (tertiary/aromatic N) is 4. The number of benzene rings is 1. The van der Waals surface area contributed by atoms with Crippen LogP contribution in [0.2, 0.25) is 0 Å². The SMILES string of the molecule is N#Cc1ccc(-c2cccc(CN[C@H]3CC[C@H]4[C@H](C3)OC(=O)N4c3ccc4c(n3)CC(=O)CO4)c2)nc1. The largest absolute Gasteiger partial charge is 0.484 e. The number of pyridine rings is 2. The number of ether oxygens (including phenoxy) is 2. The number of anilines is 1. The Kier molecular flexibility index (Phi) is 6.02. The second kappa shape index (κ2) is 9.64. The van der Waals surface area contributed by atoms with Crippen LogP contribution in [0, 0.1) is 11.3 Å². The Balaban J connectivity index is 1.09. The number of ketones is 1. The van der Waals surface area contributed by atoms with Gasteiger partial charge in [-0.3, -0.25) is 14.7 Å². The zero-order chi connectivity index (χ0) is 25.4. The van der Waals surface area contributed by atoms with Gasteiger partial charge in [0.05, 0.1) is 29.4 Å². The number of nitriles is 1. The summed E-state index contributed by atoms with van der Waals surface area (Å²) in [5, 5.41) is 12.6. The third kappa shape index (κ3) is 4.63. The smallest absolute Gasteiger partial charge is 0.416 e. The maximum atomic E-state index is 12.8. The Morgan fingerprint density at radius 3 is 2.89 bits per heavy atom. The van der Waals surface area contributed by atoms with E-state index in [2.05, 4.69) is 33.5 Å². The van der Waals surface area contributed by atoms with Crippen LogP contribution in [0.15, 0.2) is 54.7 Å². The van der Waals surface area contributed by atoms with Gasteiger partial charge < -0.3 is 14.8 Å². The Hall–Kier alpha value is -4.29. The molecule has 0 unspecified atom stereocenters. The van der Waals surface area contributed by atoms with Gasteiger partial charge in [-0.25, -0.2) is 9.78 Å². The molecule has 1 saturated heterocycles. The predicted octanol–water partition coefficient (Wildman–Crippen LogP) is 3.56. The fourth-order valence-electron chi connectivity index (χ4n) is 5.30. The molecule has 3 aliphatic rings. The summed E-state index contributed by atoms with van der Waals surface area (Å²) in [6, 6.07) is 17.6. The van der Waals surface area contributed by atoms with Gasteiger partial charge in [0.25, 0.3) is 0 Å². The molecule has 0 radical (unpaired) electrons. The molecule has 6 rings (SSSR count). The van der Waals surface area contributed by atoms with Crippen LogP contribution in [0.5, 0.6) is 5.75 Å². The van der Waals surface area contributed by atoms with E-state index in [1.54, 1.807) is 29.3 Å². The number of Topliss-reactive ketones (excluding diaryl/α,β-unsaturated/α-hetero) is 1. The molecule has 2 fully saturated rings. The average Bonchev–Trinajstić information content (AvgIpc) is 3.26. The Bertz CT molecular complexity index is 1400. The van der Waals surface area contributed by atoms with E-state index < -0.39 is 6.09 Å². The van der Waals surface area contributed by atoms with E-state index in [0.29, 0.717) is 29.4 Å². The summed E-state index contributed by atoms with van der Waals surface area (Å²) in [5.41, 5.74) is 4.06. The summed E-state index contributed by atoms with van der Waals surface area (Å²) >= 11 is 0. The fraction of sp³-hybridized carbons (Fsp3) is 0.321. The highest BCUT2D eigenvalue weighted by Gasteiger charge is 2.46. The molecule has 1 amide bonds. The number of nitrogens with one attached hydrogen (secondary N) is 1. The van der Waals surface area contributed by atoms with Crippen LogP contribution < -0.4 is 15.0 Å². The van der Waals surface area contributed by atoms with E-state index in [0.717, 1.165) is 36.1 Å². The molecule has 1 N–H and O–H groups in total. The Morgan fingerprint density at radius 1 is 1.14 bits per heavy atom. The van der Waals surface area contributed by atoms with Crippen molar-refractivity contribution in [2.45, 2.75) is 50.4 Å². The summed E-state index contributed by atoms with van der Waals surface area (Å²) in [6.07, 6.45) is 3.59. The first-order valence-electron chi connectivity index (χ1n) is 12.4. The molecule has 37 heavy (non-hydrogen) atoms. The summed E-state index contributed by atoms with van der Waals surface area (Å²) in [4.78, 5) is 35.2. The Morgan fingerprint density at radius 2 is 2.05 bits per heavy atom. The normalized spacial score (nSPS) is 22.5. The number of hydrogen-bond donors (Lipinski definition) is 1. The van der Waals surface area contributed by atoms with Crippen molar-refractivity contribution in [1.29, 1.82) is 5.26 Å². The van der Waals surface area contributed by atoms with Crippen LogP contribution in [0.4, 0.5) is 10.6 Å². The molecule has 3 atom stereocenters. The van der Waals surface area contributed by atoms with Crippen molar-refractivity contribution in [3.05, 3.63) is 71.5 Å². The van der Waals surface area contributed by atoms with Crippen LogP contribution in [0.3, 0.4) is 0 Å². The molecule has 9 nitrogen and oxygen atoms in total. The van der Waals surface area contributed by atoms with Crippen molar-refractivity contribution in [1.82, 2.24) is 15.3 Å². The number of carbonyl (C=O) groups excluding carboxylic acids is 2. The minimum atomic E-state index is -0.395. The summed E-state index contributed by atoms with van der Waals surface area (Å²) in [7, 11) is 0. The van der Waals surface area contributed by atoms with Crippen molar-refractivity contribution in [2.24, 2.45) is 0 Å². The number of amides is 1. The van der Waals surface area contributed by atoms with Crippen LogP contribution in [-0.2, 0) is 22.5 Å². The molecular weight excluding hydrogens is 470 g/mol. The first-order valence-corrected chi connectivity index (χ1v) is 12.4. The maximum Gasteiger partial charge on any atom is 0.416 e. The highest BCUT2D eigenvalue weighted by molar-refractivity contribution is 5.90. The highest BCUT2D eigenvalue weighted by atomic mass is 16.6. The van der Waals surface area contributed by atoms with Gasteiger partial charge in [-0.1, -0.05) is 18.2 Å². The van der Waals surface area contributed by atoms with Gasteiger partial charge in [0.15, 0.2) is 5.78 Å². The number of carbonyl (C=O) groups is 2. The van der Waals surface area contributed by atoms with Gasteiger partial charge in [0, 0.05) is 30.8 Å². The lowest BCUT2D eigenvalue weighted by molar-refractivity contribution is -0.121. The molecule has 0 spiro atoms. The lowest BCUT2D eigenvalue weighted by atomic mass is 9.88. The second-order valence-electron chi connectivity index (χ2n) is 9.61. The van der Waals surface area contributed by atoms with Crippen LogP contribution >= 0.6 is 0 Å². The van der Waals surface area contributed by atoms with Crippen molar-refractivity contribution in [3.63, 3.8) is 0 Å². The van der Waals surface area contributed by atoms with E-state index in [1.807, 2.05) is 18.2 Å². The first kappa shape index (κ1) is 23.1. The van der Waals surface area contributed by atoms with Gasteiger partial charge in [0.2, 0.25) is 0 Å².